The highest BCUT2D eigenvalue weighted by atomic mass is 16.4. The van der Waals surface area contributed by atoms with Crippen molar-refractivity contribution in [3.05, 3.63) is 35.9 Å². The number of aliphatic carboxylic acids is 1. The Morgan fingerprint density at radius 3 is 1.48 bits per heavy atom. The lowest BCUT2D eigenvalue weighted by atomic mass is 9.98. The Morgan fingerprint density at radius 2 is 1.00 bits per heavy atom. The van der Waals surface area contributed by atoms with E-state index in [1.54, 1.807) is 44.2 Å². The van der Waals surface area contributed by atoms with E-state index in [-0.39, 0.29) is 37.0 Å². The Kier molecular flexibility index (Phi) is 22.2. The number of nitrogens with two attached hydrogens (primary N) is 1. The van der Waals surface area contributed by atoms with Crippen molar-refractivity contribution in [3.63, 3.8) is 0 Å². The lowest BCUT2D eigenvalue weighted by molar-refractivity contribution is -0.138. The summed E-state index contributed by atoms with van der Waals surface area (Å²) in [6.07, 6.45) is 0.707. The number of carbonyl (C=O) groups excluding carboxylic acids is 7. The highest BCUT2D eigenvalue weighted by Gasteiger charge is 2.35. The summed E-state index contributed by atoms with van der Waals surface area (Å²) in [6, 6.07) is 0.653. The first-order chi connectivity index (χ1) is 27.0. The summed E-state index contributed by atoms with van der Waals surface area (Å²) in [5.74, 6) is -6.96. The summed E-state index contributed by atoms with van der Waals surface area (Å²) >= 11 is 0. The van der Waals surface area contributed by atoms with Gasteiger partial charge in [0.1, 0.15) is 42.8 Å². The van der Waals surface area contributed by atoms with Crippen LogP contribution in [0.15, 0.2) is 30.3 Å². The van der Waals surface area contributed by atoms with Crippen LogP contribution >= 0.6 is 0 Å². The Hall–Kier alpha value is -5.10. The first kappa shape index (κ1) is 50.9. The number of nitrogens with one attached hydrogen (secondary N) is 7. The van der Waals surface area contributed by atoms with Gasteiger partial charge in [0.2, 0.25) is 41.4 Å². The van der Waals surface area contributed by atoms with Crippen molar-refractivity contribution in [1.82, 2.24) is 37.2 Å². The quantitative estimate of drug-likeness (QED) is 0.0599. The Balaban J connectivity index is 3.20. The molecule has 18 heteroatoms. The van der Waals surface area contributed by atoms with Crippen LogP contribution in [-0.2, 0) is 44.8 Å². The average Bonchev–Trinajstić information content (AvgIpc) is 3.13. The molecule has 0 bridgehead atoms. The Labute approximate surface area is 341 Å². The fourth-order valence-corrected chi connectivity index (χ4v) is 5.84. The minimum absolute atomic E-state index is 0.0600. The van der Waals surface area contributed by atoms with E-state index in [1.807, 2.05) is 41.5 Å². The molecule has 326 valence electrons. The summed E-state index contributed by atoms with van der Waals surface area (Å²) in [4.78, 5) is 104. The van der Waals surface area contributed by atoms with Gasteiger partial charge in [-0.2, -0.15) is 0 Å². The zero-order valence-electron chi connectivity index (χ0n) is 35.2. The van der Waals surface area contributed by atoms with Crippen LogP contribution < -0.4 is 43.0 Å². The standard InChI is InChI=1S/C40H66N8O10/c1-21(2)15-27(41)35(53)44-30(18-26-13-11-10-12-14-26)37(55)47-31(20-49)39(57)45-29(17-23(5)6)38(56)48-33(24(7)8)40(58)46-28(16-22(3)4)36(54)43-25(9)34(52)42-19-32(50)51/h10-14,21-25,27-31,33,49H,15-20,41H2,1-9H3,(H,42,52)(H,43,54)(H,44,53)(H,45,57)(H,46,58)(H,47,55)(H,48,56)(H,50,51)/t25-,27-,28-,29-,30-,31-,33-/m0/s1. The predicted molar refractivity (Wildman–Crippen MR) is 216 cm³/mol. The molecule has 1 aromatic rings. The molecular formula is C40H66N8O10. The summed E-state index contributed by atoms with van der Waals surface area (Å²) in [6.45, 7) is 14.3. The van der Waals surface area contributed by atoms with E-state index < -0.39 is 109 Å². The molecule has 0 saturated heterocycles. The second kappa shape index (κ2) is 25.3. The summed E-state index contributed by atoms with van der Waals surface area (Å²) in [7, 11) is 0. The van der Waals surface area contributed by atoms with E-state index in [2.05, 4.69) is 37.2 Å². The van der Waals surface area contributed by atoms with Crippen LogP contribution in [0.2, 0.25) is 0 Å². The summed E-state index contributed by atoms with van der Waals surface area (Å²) in [5, 5.41) is 36.8. The Bertz CT molecular complexity index is 1540. The van der Waals surface area contributed by atoms with E-state index in [4.69, 9.17) is 10.8 Å². The molecule has 0 heterocycles. The van der Waals surface area contributed by atoms with Crippen molar-refractivity contribution >= 4 is 47.3 Å². The molecule has 11 N–H and O–H groups in total. The third kappa shape index (κ3) is 18.9. The number of aliphatic hydroxyl groups is 1. The lowest BCUT2D eigenvalue weighted by Crippen LogP contribution is -2.61. The second-order valence-electron chi connectivity index (χ2n) is 16.2. The van der Waals surface area contributed by atoms with Gasteiger partial charge in [-0.1, -0.05) is 85.7 Å². The highest BCUT2D eigenvalue weighted by Crippen LogP contribution is 2.12. The summed E-state index contributed by atoms with van der Waals surface area (Å²) < 4.78 is 0. The molecule has 18 nitrogen and oxygen atoms in total. The molecule has 1 rings (SSSR count). The van der Waals surface area contributed by atoms with Gasteiger partial charge in [-0.3, -0.25) is 38.4 Å². The maximum atomic E-state index is 13.8. The molecule has 0 aliphatic rings. The number of hydrogen-bond acceptors (Lipinski definition) is 10. The normalized spacial score (nSPS) is 14.9. The Morgan fingerprint density at radius 1 is 0.552 bits per heavy atom. The van der Waals surface area contributed by atoms with Crippen LogP contribution in [0, 0.1) is 23.7 Å². The van der Waals surface area contributed by atoms with Crippen molar-refractivity contribution in [1.29, 1.82) is 0 Å². The number of rotatable bonds is 25. The van der Waals surface area contributed by atoms with Gasteiger partial charge >= 0.3 is 5.97 Å². The average molecular weight is 819 g/mol. The third-order valence-electron chi connectivity index (χ3n) is 8.89. The van der Waals surface area contributed by atoms with Gasteiger partial charge in [0.15, 0.2) is 0 Å². The summed E-state index contributed by atoms with van der Waals surface area (Å²) in [5.41, 5.74) is 6.79. The number of amides is 7. The number of aliphatic hydroxyl groups excluding tert-OH is 1. The van der Waals surface area contributed by atoms with Crippen LogP contribution in [0.4, 0.5) is 0 Å². The molecule has 7 amide bonds. The van der Waals surface area contributed by atoms with Crippen molar-refractivity contribution in [2.24, 2.45) is 29.4 Å². The van der Waals surface area contributed by atoms with Gasteiger partial charge in [0.25, 0.3) is 0 Å². The fourth-order valence-electron chi connectivity index (χ4n) is 5.84. The minimum Gasteiger partial charge on any atom is -0.480 e. The van der Waals surface area contributed by atoms with Crippen LogP contribution in [-0.4, -0.2) is 113 Å². The van der Waals surface area contributed by atoms with Gasteiger partial charge in [-0.15, -0.1) is 0 Å². The first-order valence-corrected chi connectivity index (χ1v) is 19.8. The van der Waals surface area contributed by atoms with E-state index in [0.717, 1.165) is 0 Å². The zero-order valence-corrected chi connectivity index (χ0v) is 35.2. The topological polar surface area (TPSA) is 287 Å². The third-order valence-corrected chi connectivity index (χ3v) is 8.89. The molecule has 7 atom stereocenters. The monoisotopic (exact) mass is 818 g/mol. The van der Waals surface area contributed by atoms with Crippen LogP contribution in [0.25, 0.3) is 0 Å². The van der Waals surface area contributed by atoms with Crippen molar-refractivity contribution in [2.45, 2.75) is 130 Å². The molecule has 0 aliphatic heterocycles. The molecule has 0 aromatic heterocycles. The molecule has 0 saturated carbocycles. The van der Waals surface area contributed by atoms with Gasteiger partial charge in [-0.05, 0) is 55.4 Å². The molecule has 0 radical (unpaired) electrons. The number of carbonyl (C=O) groups is 8. The number of carboxylic acids is 1. The van der Waals surface area contributed by atoms with Gasteiger partial charge in [0, 0.05) is 6.42 Å². The number of benzene rings is 1. The first-order valence-electron chi connectivity index (χ1n) is 19.8. The molecule has 1 aromatic carbocycles. The fraction of sp³-hybridized carbons (Fsp3) is 0.650. The minimum atomic E-state index is -1.53. The molecule has 0 unspecified atom stereocenters. The van der Waals surface area contributed by atoms with Gasteiger partial charge < -0.3 is 53.2 Å². The van der Waals surface area contributed by atoms with Crippen LogP contribution in [0.1, 0.15) is 87.1 Å². The maximum Gasteiger partial charge on any atom is 0.322 e. The molecule has 0 aliphatic carbocycles. The molecule has 0 fully saturated rings. The van der Waals surface area contributed by atoms with Crippen LogP contribution in [0.5, 0.6) is 0 Å². The van der Waals surface area contributed by atoms with E-state index >= 15 is 0 Å². The van der Waals surface area contributed by atoms with Crippen LogP contribution in [0.3, 0.4) is 0 Å². The number of hydrogen-bond donors (Lipinski definition) is 10. The predicted octanol–water partition coefficient (Wildman–Crippen LogP) is -0.527. The van der Waals surface area contributed by atoms with E-state index in [0.29, 0.717) is 12.0 Å². The van der Waals surface area contributed by atoms with Gasteiger partial charge in [-0.25, -0.2) is 0 Å². The van der Waals surface area contributed by atoms with Crippen molar-refractivity contribution < 1.29 is 48.6 Å². The maximum absolute atomic E-state index is 13.8. The molecular weight excluding hydrogens is 752 g/mol. The smallest absolute Gasteiger partial charge is 0.322 e. The lowest BCUT2D eigenvalue weighted by Gasteiger charge is -2.29. The molecule has 0 spiro atoms. The second-order valence-corrected chi connectivity index (χ2v) is 16.2. The molecule has 58 heavy (non-hydrogen) atoms. The van der Waals surface area contributed by atoms with Gasteiger partial charge in [0.05, 0.1) is 12.6 Å². The van der Waals surface area contributed by atoms with Crippen molar-refractivity contribution in [2.75, 3.05) is 13.2 Å². The largest absolute Gasteiger partial charge is 0.480 e. The SMILES string of the molecule is CC(C)C[C@H](NC(=O)[C@H](CO)NC(=O)[C@H](Cc1ccccc1)NC(=O)[C@@H](N)CC(C)C)C(=O)N[C@H](C(=O)N[C@@H](CC(C)C)C(=O)N[C@@H](C)C(=O)NCC(=O)O)C(C)C. The van der Waals surface area contributed by atoms with E-state index in [1.165, 1.54) is 6.92 Å². The zero-order chi connectivity index (χ0) is 44.3. The van der Waals surface area contributed by atoms with Crippen molar-refractivity contribution in [3.8, 4) is 0 Å². The van der Waals surface area contributed by atoms with E-state index in [9.17, 15) is 43.5 Å². The highest BCUT2D eigenvalue weighted by molar-refractivity contribution is 5.97. The number of carboxylic acid groups (broad SMARTS) is 1.